The monoisotopic (exact) mass is 405 g/mol. The van der Waals surface area contributed by atoms with Gasteiger partial charge >= 0.3 is 0 Å². The van der Waals surface area contributed by atoms with E-state index in [0.29, 0.717) is 10.4 Å². The second-order valence-corrected chi connectivity index (χ2v) is 8.41. The molecule has 5 nitrogen and oxygen atoms in total. The first kappa shape index (κ1) is 18.1. The average Bonchev–Trinajstić information content (AvgIpc) is 3.02. The molecule has 0 atom stereocenters. The minimum Gasteiger partial charge on any atom is -0.335 e. The molecule has 0 unspecified atom stereocenters. The van der Waals surface area contributed by atoms with Crippen molar-refractivity contribution in [1.29, 1.82) is 0 Å². The summed E-state index contributed by atoms with van der Waals surface area (Å²) in [7, 11) is 0. The Morgan fingerprint density at radius 1 is 1.44 bits per heavy atom. The SMILES string of the molecule is Cc1ncc(-c2csc3ccn(CC(=O)N4CC(C)(F)C4)c(=O)c23)cc1Cl. The van der Waals surface area contributed by atoms with Crippen LogP contribution < -0.4 is 5.56 Å². The van der Waals surface area contributed by atoms with Crippen LogP contribution in [0, 0.1) is 6.92 Å². The summed E-state index contributed by atoms with van der Waals surface area (Å²) in [5.41, 5.74) is 0.642. The van der Waals surface area contributed by atoms with Crippen molar-refractivity contribution in [2.75, 3.05) is 13.1 Å². The number of hydrogen-bond donors (Lipinski definition) is 0. The third-order valence-corrected chi connectivity index (χ3v) is 6.07. The highest BCUT2D eigenvalue weighted by Gasteiger charge is 2.41. The van der Waals surface area contributed by atoms with Crippen molar-refractivity contribution in [2.45, 2.75) is 26.1 Å². The van der Waals surface area contributed by atoms with Crippen LogP contribution in [0.25, 0.3) is 21.2 Å². The molecule has 0 radical (unpaired) electrons. The van der Waals surface area contributed by atoms with Crippen molar-refractivity contribution in [2.24, 2.45) is 0 Å². The quantitative estimate of drug-likeness (QED) is 0.668. The fourth-order valence-corrected chi connectivity index (χ4v) is 4.37. The zero-order valence-corrected chi connectivity index (χ0v) is 16.4. The number of amides is 1. The van der Waals surface area contributed by atoms with Gasteiger partial charge in [-0.3, -0.25) is 14.6 Å². The molecule has 0 saturated carbocycles. The van der Waals surface area contributed by atoms with Gasteiger partial charge in [-0.15, -0.1) is 11.3 Å². The van der Waals surface area contributed by atoms with Crippen LogP contribution in [0.1, 0.15) is 12.6 Å². The molecule has 0 aromatic carbocycles. The number of halogens is 2. The number of alkyl halides is 1. The minimum absolute atomic E-state index is 0.0695. The molecule has 0 N–H and O–H groups in total. The van der Waals surface area contributed by atoms with E-state index in [2.05, 4.69) is 4.98 Å². The predicted molar refractivity (Wildman–Crippen MR) is 105 cm³/mol. The van der Waals surface area contributed by atoms with Gasteiger partial charge in [0.05, 0.1) is 29.2 Å². The molecule has 4 heterocycles. The predicted octanol–water partition coefficient (Wildman–Crippen LogP) is 3.66. The molecule has 3 aromatic rings. The maximum Gasteiger partial charge on any atom is 0.260 e. The van der Waals surface area contributed by atoms with E-state index in [0.717, 1.165) is 21.5 Å². The van der Waals surface area contributed by atoms with E-state index >= 15 is 0 Å². The Morgan fingerprint density at radius 2 is 2.19 bits per heavy atom. The van der Waals surface area contributed by atoms with E-state index in [-0.39, 0.29) is 31.1 Å². The van der Waals surface area contributed by atoms with E-state index in [1.54, 1.807) is 18.5 Å². The van der Waals surface area contributed by atoms with Gasteiger partial charge in [0.15, 0.2) is 0 Å². The molecular formula is C19H17ClFN3O2S. The maximum atomic E-state index is 13.6. The number of hydrogen-bond acceptors (Lipinski definition) is 4. The van der Waals surface area contributed by atoms with E-state index in [1.807, 2.05) is 18.4 Å². The summed E-state index contributed by atoms with van der Waals surface area (Å²) >= 11 is 7.63. The van der Waals surface area contributed by atoms with Crippen molar-refractivity contribution in [1.82, 2.24) is 14.5 Å². The summed E-state index contributed by atoms with van der Waals surface area (Å²) in [6.07, 6.45) is 3.30. The standard InChI is InChI=1S/C19H17ClFN3O2S/c1-11-14(20)5-12(6-22-11)13-8-27-15-3-4-23(18(26)17(13)15)7-16(25)24-9-19(2,21)10-24/h3-6,8H,7,9-10H2,1-2H3. The number of pyridine rings is 2. The number of aryl methyl sites for hydroxylation is 1. The van der Waals surface area contributed by atoms with Crippen molar-refractivity contribution in [3.8, 4) is 11.1 Å². The fraction of sp³-hybridized carbons (Fsp3) is 0.316. The summed E-state index contributed by atoms with van der Waals surface area (Å²) in [6.45, 7) is 3.31. The molecule has 1 saturated heterocycles. The van der Waals surface area contributed by atoms with E-state index in [4.69, 9.17) is 11.6 Å². The third-order valence-electron chi connectivity index (χ3n) is 4.74. The molecular weight excluding hydrogens is 389 g/mol. The van der Waals surface area contributed by atoms with Gasteiger partial charge in [0, 0.05) is 33.6 Å². The Balaban J connectivity index is 1.70. The molecule has 8 heteroatoms. The molecule has 1 amide bonds. The Labute approximate surface area is 164 Å². The van der Waals surface area contributed by atoms with Gasteiger partial charge < -0.3 is 9.47 Å². The molecule has 27 heavy (non-hydrogen) atoms. The van der Waals surface area contributed by atoms with Crippen molar-refractivity contribution < 1.29 is 9.18 Å². The first-order valence-electron chi connectivity index (χ1n) is 8.45. The largest absolute Gasteiger partial charge is 0.335 e. The van der Waals surface area contributed by atoms with Gasteiger partial charge in [0.2, 0.25) is 5.91 Å². The van der Waals surface area contributed by atoms with Crippen molar-refractivity contribution >= 4 is 38.9 Å². The normalized spacial score (nSPS) is 15.8. The number of rotatable bonds is 3. The molecule has 1 fully saturated rings. The lowest BCUT2D eigenvalue weighted by molar-refractivity contribution is -0.144. The number of nitrogens with zero attached hydrogens (tertiary/aromatic N) is 3. The smallest absolute Gasteiger partial charge is 0.260 e. The number of aromatic nitrogens is 2. The fourth-order valence-electron chi connectivity index (χ4n) is 3.25. The summed E-state index contributed by atoms with van der Waals surface area (Å²) in [5, 5.41) is 2.96. The van der Waals surface area contributed by atoms with Crippen LogP contribution in [0.2, 0.25) is 5.02 Å². The molecule has 0 bridgehead atoms. The number of likely N-dealkylation sites (tertiary alicyclic amines) is 1. The zero-order chi connectivity index (χ0) is 19.3. The maximum absolute atomic E-state index is 13.6. The van der Waals surface area contributed by atoms with Crippen LogP contribution in [-0.4, -0.2) is 39.1 Å². The zero-order valence-electron chi connectivity index (χ0n) is 14.8. The summed E-state index contributed by atoms with van der Waals surface area (Å²) < 4.78 is 15.8. The second kappa shape index (κ2) is 6.42. The Bertz CT molecular complexity index is 1110. The average molecular weight is 406 g/mol. The minimum atomic E-state index is -1.33. The van der Waals surface area contributed by atoms with Gasteiger partial charge in [0.25, 0.3) is 5.56 Å². The van der Waals surface area contributed by atoms with Crippen LogP contribution in [0.3, 0.4) is 0 Å². The lowest BCUT2D eigenvalue weighted by atomic mass is 9.99. The molecule has 0 spiro atoms. The number of thiophene rings is 1. The van der Waals surface area contributed by atoms with Crippen LogP contribution in [-0.2, 0) is 11.3 Å². The molecule has 4 rings (SSSR count). The highest BCUT2D eigenvalue weighted by Crippen LogP contribution is 2.33. The number of carbonyl (C=O) groups excluding carboxylic acids is 1. The summed E-state index contributed by atoms with van der Waals surface area (Å²) in [6, 6.07) is 3.60. The van der Waals surface area contributed by atoms with Gasteiger partial charge in [-0.05, 0) is 26.0 Å². The van der Waals surface area contributed by atoms with E-state index < -0.39 is 5.67 Å². The lowest BCUT2D eigenvalue weighted by Gasteiger charge is -2.42. The Hall–Kier alpha value is -2.25. The third kappa shape index (κ3) is 3.26. The number of carbonyl (C=O) groups is 1. The molecule has 1 aliphatic rings. The van der Waals surface area contributed by atoms with Crippen molar-refractivity contribution in [3.05, 3.63) is 51.0 Å². The van der Waals surface area contributed by atoms with Crippen LogP contribution in [0.5, 0.6) is 0 Å². The van der Waals surface area contributed by atoms with Crippen LogP contribution in [0.4, 0.5) is 4.39 Å². The first-order chi connectivity index (χ1) is 12.7. The second-order valence-electron chi connectivity index (χ2n) is 7.09. The van der Waals surface area contributed by atoms with Gasteiger partial charge in [-0.1, -0.05) is 11.6 Å². The van der Waals surface area contributed by atoms with E-state index in [9.17, 15) is 14.0 Å². The first-order valence-corrected chi connectivity index (χ1v) is 9.71. The Kier molecular flexibility index (Phi) is 4.31. The highest BCUT2D eigenvalue weighted by atomic mass is 35.5. The lowest BCUT2D eigenvalue weighted by Crippen LogP contribution is -2.60. The topological polar surface area (TPSA) is 55.2 Å². The van der Waals surface area contributed by atoms with Crippen LogP contribution >= 0.6 is 22.9 Å². The molecule has 3 aromatic heterocycles. The Morgan fingerprint density at radius 3 is 2.85 bits per heavy atom. The molecule has 0 aliphatic carbocycles. The van der Waals surface area contributed by atoms with Crippen molar-refractivity contribution in [3.63, 3.8) is 0 Å². The summed E-state index contributed by atoms with van der Waals surface area (Å²) in [4.78, 5) is 31.0. The highest BCUT2D eigenvalue weighted by molar-refractivity contribution is 7.17. The molecule has 140 valence electrons. The number of fused-ring (bicyclic) bond motifs is 1. The van der Waals surface area contributed by atoms with Gasteiger partial charge in [-0.2, -0.15) is 0 Å². The van der Waals surface area contributed by atoms with E-state index in [1.165, 1.54) is 27.7 Å². The van der Waals surface area contributed by atoms with Crippen LogP contribution in [0.15, 0.2) is 34.7 Å². The molecule has 1 aliphatic heterocycles. The summed E-state index contributed by atoms with van der Waals surface area (Å²) in [5.74, 6) is -0.261. The van der Waals surface area contributed by atoms with Gasteiger partial charge in [0.1, 0.15) is 12.2 Å². The van der Waals surface area contributed by atoms with Gasteiger partial charge in [-0.25, -0.2) is 4.39 Å².